The molecule has 1 aromatic heterocycles. The lowest BCUT2D eigenvalue weighted by molar-refractivity contribution is -0.119. The molecule has 0 saturated heterocycles. The molecule has 0 aliphatic heterocycles. The molecule has 6 heteroatoms. The van der Waals surface area contributed by atoms with Gasteiger partial charge in [0.25, 0.3) is 0 Å². The van der Waals surface area contributed by atoms with E-state index in [0.29, 0.717) is 17.9 Å². The van der Waals surface area contributed by atoms with Gasteiger partial charge in [0.15, 0.2) is 10.9 Å². The number of imidazole rings is 1. The van der Waals surface area contributed by atoms with Gasteiger partial charge in [0.05, 0.1) is 16.8 Å². The Kier molecular flexibility index (Phi) is 5.95. The zero-order chi connectivity index (χ0) is 20.9. The molecule has 30 heavy (non-hydrogen) atoms. The molecular weight excluding hydrogens is 394 g/mol. The van der Waals surface area contributed by atoms with E-state index in [-0.39, 0.29) is 11.7 Å². The third-order valence-electron chi connectivity index (χ3n) is 4.69. The van der Waals surface area contributed by atoms with Crippen molar-refractivity contribution in [2.45, 2.75) is 18.6 Å². The molecule has 5 nitrogen and oxygen atoms in total. The first-order valence-corrected chi connectivity index (χ1v) is 10.6. The Bertz CT molecular complexity index is 1180. The maximum atomic E-state index is 12.7. The van der Waals surface area contributed by atoms with Crippen LogP contribution in [0.1, 0.15) is 22.8 Å². The van der Waals surface area contributed by atoms with E-state index in [1.54, 1.807) is 12.1 Å². The van der Waals surface area contributed by atoms with E-state index in [4.69, 9.17) is 4.98 Å². The molecule has 1 amide bonds. The molecule has 4 rings (SSSR count). The number of thioether (sulfide) groups is 1. The van der Waals surface area contributed by atoms with Crippen LogP contribution in [0.5, 0.6) is 0 Å². The summed E-state index contributed by atoms with van der Waals surface area (Å²) in [6, 6.07) is 25.4. The monoisotopic (exact) mass is 415 g/mol. The van der Waals surface area contributed by atoms with Crippen molar-refractivity contribution in [2.24, 2.45) is 0 Å². The highest BCUT2D eigenvalue weighted by Gasteiger charge is 2.15. The Labute approximate surface area is 179 Å². The molecule has 1 heterocycles. The maximum absolute atomic E-state index is 12.7. The molecule has 0 unspecified atom stereocenters. The fraction of sp³-hybridized carbons (Fsp3) is 0.125. The zero-order valence-corrected chi connectivity index (χ0v) is 17.4. The lowest BCUT2D eigenvalue weighted by atomic mass is 10.1. The summed E-state index contributed by atoms with van der Waals surface area (Å²) < 4.78 is 2.09. The van der Waals surface area contributed by atoms with Crippen LogP contribution in [-0.4, -0.2) is 27.0 Å². The van der Waals surface area contributed by atoms with E-state index in [1.807, 2.05) is 66.7 Å². The first-order chi connectivity index (χ1) is 14.6. The zero-order valence-electron chi connectivity index (χ0n) is 16.5. The molecule has 0 aliphatic rings. The van der Waals surface area contributed by atoms with Crippen LogP contribution in [0.15, 0.2) is 84.0 Å². The lowest BCUT2D eigenvalue weighted by Gasteiger charge is -2.09. The normalized spacial score (nSPS) is 10.8. The number of aromatic nitrogens is 2. The topological polar surface area (TPSA) is 64.0 Å². The highest BCUT2D eigenvalue weighted by molar-refractivity contribution is 7.99. The van der Waals surface area contributed by atoms with Gasteiger partial charge in [-0.3, -0.25) is 14.2 Å². The van der Waals surface area contributed by atoms with Crippen molar-refractivity contribution in [1.29, 1.82) is 0 Å². The van der Waals surface area contributed by atoms with Gasteiger partial charge in [-0.2, -0.15) is 0 Å². The predicted octanol–water partition coefficient (Wildman–Crippen LogP) is 4.64. The van der Waals surface area contributed by atoms with E-state index in [1.165, 1.54) is 18.7 Å². The van der Waals surface area contributed by atoms with Crippen LogP contribution in [0.2, 0.25) is 0 Å². The van der Waals surface area contributed by atoms with Crippen LogP contribution < -0.4 is 5.32 Å². The van der Waals surface area contributed by atoms with Gasteiger partial charge in [-0.15, -0.1) is 0 Å². The molecule has 4 aromatic rings. The summed E-state index contributed by atoms with van der Waals surface area (Å²) in [7, 11) is 0. The molecule has 0 radical (unpaired) electrons. The minimum absolute atomic E-state index is 0.0396. The highest BCUT2D eigenvalue weighted by Crippen LogP contribution is 2.28. The molecule has 1 N–H and O–H groups in total. The number of fused-ring (bicyclic) bond motifs is 1. The highest BCUT2D eigenvalue weighted by atomic mass is 32.2. The molecule has 0 aliphatic carbocycles. The van der Waals surface area contributed by atoms with E-state index in [9.17, 15) is 9.59 Å². The number of Topliss-reactive ketones (excluding diaryl/α,β-unsaturated/α-hetero) is 1. The second kappa shape index (κ2) is 8.97. The van der Waals surface area contributed by atoms with Gasteiger partial charge >= 0.3 is 0 Å². The van der Waals surface area contributed by atoms with Gasteiger partial charge in [0.2, 0.25) is 5.91 Å². The van der Waals surface area contributed by atoms with Crippen molar-refractivity contribution in [2.75, 3.05) is 5.75 Å². The largest absolute Gasteiger partial charge is 0.352 e. The second-order valence-corrected chi connectivity index (χ2v) is 7.82. The quantitative estimate of drug-likeness (QED) is 0.353. The van der Waals surface area contributed by atoms with Crippen LogP contribution >= 0.6 is 11.8 Å². The van der Waals surface area contributed by atoms with E-state index in [0.717, 1.165) is 27.4 Å². The van der Waals surface area contributed by atoms with Crippen molar-refractivity contribution < 1.29 is 9.59 Å². The Balaban J connectivity index is 1.52. The summed E-state index contributed by atoms with van der Waals surface area (Å²) in [5.41, 5.74) is 4.54. The van der Waals surface area contributed by atoms with Crippen molar-refractivity contribution in [3.63, 3.8) is 0 Å². The average Bonchev–Trinajstić information content (AvgIpc) is 3.15. The minimum atomic E-state index is -0.0761. The summed E-state index contributed by atoms with van der Waals surface area (Å²) >= 11 is 1.43. The number of amides is 1. The summed E-state index contributed by atoms with van der Waals surface area (Å²) in [4.78, 5) is 28.5. The SMILES string of the molecule is CC(=O)NCc1ccc(C(=O)CSc2nc3ccccc3n2-c2ccccc2)cc1. The van der Waals surface area contributed by atoms with Gasteiger partial charge in [0, 0.05) is 24.7 Å². The Morgan fingerprint density at radius 2 is 1.63 bits per heavy atom. The van der Waals surface area contributed by atoms with Crippen molar-refractivity contribution >= 4 is 34.5 Å². The first-order valence-electron chi connectivity index (χ1n) is 9.64. The summed E-state index contributed by atoms with van der Waals surface area (Å²) in [5.74, 6) is 0.256. The molecule has 0 atom stereocenters. The number of benzene rings is 3. The Morgan fingerprint density at radius 3 is 2.37 bits per heavy atom. The molecule has 3 aromatic carbocycles. The first kappa shape index (κ1) is 19.9. The number of para-hydroxylation sites is 3. The van der Waals surface area contributed by atoms with E-state index in [2.05, 4.69) is 9.88 Å². The summed E-state index contributed by atoms with van der Waals surface area (Å²) in [6.07, 6.45) is 0. The number of rotatable bonds is 7. The van der Waals surface area contributed by atoms with Gasteiger partial charge in [-0.05, 0) is 29.8 Å². The number of hydrogen-bond acceptors (Lipinski definition) is 4. The third kappa shape index (κ3) is 4.44. The molecule has 0 spiro atoms. The van der Waals surface area contributed by atoms with Crippen LogP contribution in [0.25, 0.3) is 16.7 Å². The number of nitrogens with zero attached hydrogens (tertiary/aromatic N) is 2. The number of ketones is 1. The van der Waals surface area contributed by atoms with Crippen LogP contribution in [0.4, 0.5) is 0 Å². The maximum Gasteiger partial charge on any atom is 0.217 e. The molecule has 150 valence electrons. The summed E-state index contributed by atoms with van der Waals surface area (Å²) in [5, 5.41) is 3.54. The number of hydrogen-bond donors (Lipinski definition) is 1. The number of carbonyl (C=O) groups excluding carboxylic acids is 2. The standard InChI is InChI=1S/C24H21N3O2S/c1-17(28)25-15-18-11-13-19(14-12-18)23(29)16-30-24-26-21-9-5-6-10-22(21)27(24)20-7-3-2-4-8-20/h2-14H,15-16H2,1H3,(H,25,28). The fourth-order valence-electron chi connectivity index (χ4n) is 3.18. The van der Waals surface area contributed by atoms with Crippen molar-refractivity contribution in [1.82, 2.24) is 14.9 Å². The molecule has 0 bridgehead atoms. The van der Waals surface area contributed by atoms with Gasteiger partial charge in [-0.1, -0.05) is 66.4 Å². The van der Waals surface area contributed by atoms with Crippen molar-refractivity contribution in [3.05, 3.63) is 90.0 Å². The van der Waals surface area contributed by atoms with E-state index >= 15 is 0 Å². The Hall–Kier alpha value is -3.38. The molecular formula is C24H21N3O2S. The molecule has 0 fully saturated rings. The molecule has 0 saturated carbocycles. The fourth-order valence-corrected chi connectivity index (χ4v) is 4.10. The lowest BCUT2D eigenvalue weighted by Crippen LogP contribution is -2.18. The van der Waals surface area contributed by atoms with Gasteiger partial charge in [0.1, 0.15) is 0 Å². The third-order valence-corrected chi connectivity index (χ3v) is 5.63. The van der Waals surface area contributed by atoms with Gasteiger partial charge in [-0.25, -0.2) is 4.98 Å². The Morgan fingerprint density at radius 1 is 0.933 bits per heavy atom. The van der Waals surface area contributed by atoms with Crippen LogP contribution in [-0.2, 0) is 11.3 Å². The number of carbonyl (C=O) groups is 2. The van der Waals surface area contributed by atoms with Crippen LogP contribution in [0.3, 0.4) is 0 Å². The predicted molar refractivity (Wildman–Crippen MR) is 120 cm³/mol. The smallest absolute Gasteiger partial charge is 0.217 e. The number of nitrogens with one attached hydrogen (secondary N) is 1. The van der Waals surface area contributed by atoms with Crippen LogP contribution in [0, 0.1) is 0 Å². The van der Waals surface area contributed by atoms with Crippen molar-refractivity contribution in [3.8, 4) is 5.69 Å². The van der Waals surface area contributed by atoms with Gasteiger partial charge < -0.3 is 5.32 Å². The average molecular weight is 416 g/mol. The second-order valence-electron chi connectivity index (χ2n) is 6.87. The minimum Gasteiger partial charge on any atom is -0.352 e. The summed E-state index contributed by atoms with van der Waals surface area (Å²) in [6.45, 7) is 1.94. The van der Waals surface area contributed by atoms with E-state index < -0.39 is 0 Å².